The molecular weight excluding hydrogens is 378 g/mol. The Morgan fingerprint density at radius 3 is 2.53 bits per heavy atom. The Balaban J connectivity index is 1.58. The van der Waals surface area contributed by atoms with Crippen molar-refractivity contribution in [3.8, 4) is 17.1 Å². The Hall–Kier alpha value is -3.15. The summed E-state index contributed by atoms with van der Waals surface area (Å²) in [5, 5.41) is 6.82. The topological polar surface area (TPSA) is 77.2 Å². The first-order valence-corrected chi connectivity index (χ1v) is 10.2. The molecule has 0 spiro atoms. The number of hydrogen-bond acceptors (Lipinski definition) is 5. The Morgan fingerprint density at radius 2 is 1.90 bits per heavy atom. The van der Waals surface area contributed by atoms with Gasteiger partial charge in [0.25, 0.3) is 5.91 Å². The largest absolute Gasteiger partial charge is 0.481 e. The molecular formula is C24H29N3O3. The summed E-state index contributed by atoms with van der Waals surface area (Å²) in [6.45, 7) is 10.6. The van der Waals surface area contributed by atoms with Gasteiger partial charge < -0.3 is 14.6 Å². The number of carbonyl (C=O) groups is 1. The minimum absolute atomic E-state index is 0.0709. The maximum absolute atomic E-state index is 12.6. The van der Waals surface area contributed by atoms with Crippen molar-refractivity contribution in [2.45, 2.75) is 59.1 Å². The highest BCUT2D eigenvalue weighted by Gasteiger charge is 2.20. The number of ether oxygens (including phenoxy) is 1. The summed E-state index contributed by atoms with van der Waals surface area (Å²) < 4.78 is 11.2. The van der Waals surface area contributed by atoms with Crippen LogP contribution in [0.4, 0.5) is 0 Å². The van der Waals surface area contributed by atoms with Crippen molar-refractivity contribution in [2.24, 2.45) is 0 Å². The Morgan fingerprint density at radius 1 is 1.17 bits per heavy atom. The van der Waals surface area contributed by atoms with Crippen molar-refractivity contribution in [3.63, 3.8) is 0 Å². The molecule has 3 rings (SSSR count). The van der Waals surface area contributed by atoms with E-state index in [-0.39, 0.29) is 17.9 Å². The minimum Gasteiger partial charge on any atom is -0.481 e. The van der Waals surface area contributed by atoms with Gasteiger partial charge in [-0.3, -0.25) is 4.79 Å². The lowest BCUT2D eigenvalue weighted by Gasteiger charge is -2.20. The van der Waals surface area contributed by atoms with Crippen molar-refractivity contribution in [2.75, 3.05) is 0 Å². The Kier molecular flexibility index (Phi) is 6.55. The molecule has 1 N–H and O–H groups in total. The molecule has 1 unspecified atom stereocenters. The van der Waals surface area contributed by atoms with Crippen molar-refractivity contribution in [1.82, 2.24) is 15.5 Å². The first-order valence-electron chi connectivity index (χ1n) is 10.2. The molecule has 158 valence electrons. The molecule has 1 heterocycles. The van der Waals surface area contributed by atoms with Gasteiger partial charge in [0.15, 0.2) is 6.10 Å². The van der Waals surface area contributed by atoms with Gasteiger partial charge in [-0.1, -0.05) is 68.7 Å². The van der Waals surface area contributed by atoms with Gasteiger partial charge in [0.2, 0.25) is 11.7 Å². The maximum atomic E-state index is 12.6. The van der Waals surface area contributed by atoms with Crippen LogP contribution in [0.1, 0.15) is 51.1 Å². The van der Waals surface area contributed by atoms with Crippen LogP contribution in [0.5, 0.6) is 5.75 Å². The lowest BCUT2D eigenvalue weighted by atomic mass is 9.87. The van der Waals surface area contributed by atoms with Crippen LogP contribution in [0.15, 0.2) is 53.1 Å². The third-order valence-corrected chi connectivity index (χ3v) is 4.82. The minimum atomic E-state index is -0.593. The van der Waals surface area contributed by atoms with Gasteiger partial charge in [-0.15, -0.1) is 0 Å². The average Bonchev–Trinajstić information content (AvgIpc) is 3.19. The van der Waals surface area contributed by atoms with Crippen LogP contribution >= 0.6 is 0 Å². The van der Waals surface area contributed by atoms with E-state index in [4.69, 9.17) is 9.26 Å². The van der Waals surface area contributed by atoms with E-state index in [1.807, 2.05) is 62.4 Å². The third kappa shape index (κ3) is 5.47. The summed E-state index contributed by atoms with van der Waals surface area (Å²) in [5.41, 5.74) is 3.28. The van der Waals surface area contributed by atoms with E-state index in [9.17, 15) is 4.79 Å². The molecule has 2 aromatic carbocycles. The van der Waals surface area contributed by atoms with E-state index in [2.05, 4.69) is 36.2 Å². The summed E-state index contributed by atoms with van der Waals surface area (Å²) in [6, 6.07) is 15.7. The first kappa shape index (κ1) is 21.6. The van der Waals surface area contributed by atoms with E-state index in [1.54, 1.807) is 0 Å². The van der Waals surface area contributed by atoms with Crippen molar-refractivity contribution in [1.29, 1.82) is 0 Å². The van der Waals surface area contributed by atoms with Gasteiger partial charge in [-0.25, -0.2) is 0 Å². The number of aromatic nitrogens is 2. The molecule has 30 heavy (non-hydrogen) atoms. The number of rotatable bonds is 7. The summed E-state index contributed by atoms with van der Waals surface area (Å²) in [4.78, 5) is 16.9. The second kappa shape index (κ2) is 9.11. The first-order chi connectivity index (χ1) is 14.3. The zero-order valence-corrected chi connectivity index (χ0v) is 18.2. The van der Waals surface area contributed by atoms with Crippen LogP contribution in [0, 0.1) is 6.92 Å². The highest BCUT2D eigenvalue weighted by atomic mass is 16.5. The fourth-order valence-corrected chi connectivity index (χ4v) is 3.02. The summed E-state index contributed by atoms with van der Waals surface area (Å²) >= 11 is 0. The smallest absolute Gasteiger partial charge is 0.261 e. The molecule has 1 amide bonds. The zero-order chi connectivity index (χ0) is 21.7. The summed E-state index contributed by atoms with van der Waals surface area (Å²) in [6.07, 6.45) is -0.0461. The van der Waals surface area contributed by atoms with Crippen LogP contribution in [0.3, 0.4) is 0 Å². The zero-order valence-electron chi connectivity index (χ0n) is 18.2. The molecule has 6 nitrogen and oxygen atoms in total. The van der Waals surface area contributed by atoms with Crippen LogP contribution in [-0.2, 0) is 16.8 Å². The van der Waals surface area contributed by atoms with Gasteiger partial charge in [0, 0.05) is 5.56 Å². The molecule has 0 bridgehead atoms. The summed E-state index contributed by atoms with van der Waals surface area (Å²) in [7, 11) is 0. The van der Waals surface area contributed by atoms with Crippen molar-refractivity contribution in [3.05, 3.63) is 65.5 Å². The molecule has 0 aliphatic carbocycles. The molecule has 0 fully saturated rings. The molecule has 0 aliphatic rings. The van der Waals surface area contributed by atoms with Gasteiger partial charge in [-0.05, 0) is 42.5 Å². The summed E-state index contributed by atoms with van der Waals surface area (Å²) in [5.74, 6) is 1.31. The number of amides is 1. The van der Waals surface area contributed by atoms with E-state index >= 15 is 0 Å². The molecule has 1 atom stereocenters. The van der Waals surface area contributed by atoms with E-state index in [1.165, 1.54) is 5.56 Å². The molecule has 3 aromatic rings. The lowest BCUT2D eigenvalue weighted by Crippen LogP contribution is -2.37. The number of nitrogens with one attached hydrogen (secondary N) is 1. The fourth-order valence-electron chi connectivity index (χ4n) is 3.02. The van der Waals surface area contributed by atoms with Gasteiger partial charge in [0.1, 0.15) is 5.75 Å². The third-order valence-electron chi connectivity index (χ3n) is 4.82. The second-order valence-electron chi connectivity index (χ2n) is 8.39. The number of aryl methyl sites for hydroxylation is 1. The van der Waals surface area contributed by atoms with Crippen molar-refractivity contribution < 1.29 is 14.1 Å². The monoisotopic (exact) mass is 407 g/mol. The lowest BCUT2D eigenvalue weighted by molar-refractivity contribution is -0.128. The molecule has 0 radical (unpaired) electrons. The maximum Gasteiger partial charge on any atom is 0.261 e. The van der Waals surface area contributed by atoms with Crippen LogP contribution in [-0.4, -0.2) is 22.2 Å². The van der Waals surface area contributed by atoms with Crippen molar-refractivity contribution >= 4 is 5.91 Å². The number of benzene rings is 2. The van der Waals surface area contributed by atoms with Crippen LogP contribution < -0.4 is 10.1 Å². The SMILES string of the molecule is CCC(Oc1ccc(C(C)(C)C)cc1)C(=O)NCc1nc(-c2cccc(C)c2)no1. The van der Waals surface area contributed by atoms with Gasteiger partial charge in [-0.2, -0.15) is 4.98 Å². The van der Waals surface area contributed by atoms with Gasteiger partial charge in [0.05, 0.1) is 6.54 Å². The molecule has 0 aliphatic heterocycles. The molecule has 0 saturated heterocycles. The van der Waals surface area contributed by atoms with Crippen LogP contribution in [0.25, 0.3) is 11.4 Å². The molecule has 6 heteroatoms. The fraction of sp³-hybridized carbons (Fsp3) is 0.375. The standard InChI is InChI=1S/C24H29N3O3/c1-6-20(29-19-12-10-18(11-13-19)24(3,4)5)23(28)25-15-21-26-22(27-30-21)17-9-7-8-16(2)14-17/h7-14,20H,6,15H2,1-5H3,(H,25,28). The Bertz CT molecular complexity index is 987. The Labute approximate surface area is 177 Å². The van der Waals surface area contributed by atoms with E-state index in [0.29, 0.717) is 23.9 Å². The molecule has 0 saturated carbocycles. The number of hydrogen-bond donors (Lipinski definition) is 1. The average molecular weight is 408 g/mol. The normalized spacial score (nSPS) is 12.4. The predicted octanol–water partition coefficient (Wildman–Crippen LogP) is 4.82. The predicted molar refractivity (Wildman–Crippen MR) is 116 cm³/mol. The van der Waals surface area contributed by atoms with Gasteiger partial charge >= 0.3 is 0 Å². The van der Waals surface area contributed by atoms with E-state index < -0.39 is 6.10 Å². The van der Waals surface area contributed by atoms with Crippen LogP contribution in [0.2, 0.25) is 0 Å². The number of nitrogens with zero attached hydrogens (tertiary/aromatic N) is 2. The second-order valence-corrected chi connectivity index (χ2v) is 8.39. The van der Waals surface area contributed by atoms with E-state index in [0.717, 1.165) is 11.1 Å². The quantitative estimate of drug-likeness (QED) is 0.608. The molecule has 1 aromatic heterocycles. The highest BCUT2D eigenvalue weighted by molar-refractivity contribution is 5.81. The highest BCUT2D eigenvalue weighted by Crippen LogP contribution is 2.25. The number of carbonyl (C=O) groups excluding carboxylic acids is 1.